The second kappa shape index (κ2) is 8.62. The Morgan fingerprint density at radius 1 is 1.08 bits per heavy atom. The van der Waals surface area contributed by atoms with Gasteiger partial charge in [0.2, 0.25) is 5.91 Å². The van der Waals surface area contributed by atoms with Crippen LogP contribution in [0.4, 0.5) is 10.1 Å². The van der Waals surface area contributed by atoms with Gasteiger partial charge in [0.1, 0.15) is 5.82 Å². The molecule has 0 aromatic heterocycles. The van der Waals surface area contributed by atoms with Gasteiger partial charge in [-0.05, 0) is 30.7 Å². The van der Waals surface area contributed by atoms with Crippen LogP contribution >= 0.6 is 11.6 Å². The summed E-state index contributed by atoms with van der Waals surface area (Å²) in [6.07, 6.45) is 0. The highest BCUT2D eigenvalue weighted by Crippen LogP contribution is 2.19. The molecular formula is C20H23ClFN3O. The maximum absolute atomic E-state index is 13.2. The fourth-order valence-corrected chi connectivity index (χ4v) is 3.22. The summed E-state index contributed by atoms with van der Waals surface area (Å²) >= 11 is 5.74. The van der Waals surface area contributed by atoms with Crippen LogP contribution in [0.3, 0.4) is 0 Å². The molecule has 26 heavy (non-hydrogen) atoms. The molecule has 1 N–H and O–H groups in total. The quantitative estimate of drug-likeness (QED) is 0.868. The van der Waals surface area contributed by atoms with E-state index in [2.05, 4.69) is 46.3 Å². The largest absolute Gasteiger partial charge is 0.325 e. The van der Waals surface area contributed by atoms with Crippen LogP contribution in [0.15, 0.2) is 42.5 Å². The van der Waals surface area contributed by atoms with Crippen LogP contribution in [0.5, 0.6) is 0 Å². The Morgan fingerprint density at radius 3 is 2.38 bits per heavy atom. The van der Waals surface area contributed by atoms with E-state index in [0.717, 1.165) is 32.7 Å². The highest BCUT2D eigenvalue weighted by atomic mass is 35.5. The van der Waals surface area contributed by atoms with Gasteiger partial charge in [0, 0.05) is 38.4 Å². The number of rotatable bonds is 5. The van der Waals surface area contributed by atoms with Crippen molar-refractivity contribution in [2.75, 3.05) is 38.0 Å². The highest BCUT2D eigenvalue weighted by Gasteiger charge is 2.19. The molecule has 1 heterocycles. The van der Waals surface area contributed by atoms with Crippen LogP contribution in [0, 0.1) is 12.7 Å². The van der Waals surface area contributed by atoms with Gasteiger partial charge in [-0.15, -0.1) is 0 Å². The van der Waals surface area contributed by atoms with Crippen molar-refractivity contribution in [2.24, 2.45) is 0 Å². The van der Waals surface area contributed by atoms with Crippen LogP contribution in [-0.2, 0) is 11.3 Å². The summed E-state index contributed by atoms with van der Waals surface area (Å²) in [6.45, 7) is 6.93. The second-order valence-corrected chi connectivity index (χ2v) is 7.12. The molecule has 0 aliphatic carbocycles. The molecule has 0 bridgehead atoms. The maximum atomic E-state index is 13.2. The van der Waals surface area contributed by atoms with E-state index in [0.29, 0.717) is 12.2 Å². The molecule has 0 radical (unpaired) electrons. The van der Waals surface area contributed by atoms with Gasteiger partial charge in [0.15, 0.2) is 0 Å². The van der Waals surface area contributed by atoms with Gasteiger partial charge in [0.25, 0.3) is 0 Å². The van der Waals surface area contributed by atoms with Crippen molar-refractivity contribution < 1.29 is 9.18 Å². The predicted octanol–water partition coefficient (Wildman–Crippen LogP) is 3.54. The van der Waals surface area contributed by atoms with E-state index < -0.39 is 5.82 Å². The average molecular weight is 376 g/mol. The zero-order valence-corrected chi connectivity index (χ0v) is 15.6. The Morgan fingerprint density at radius 2 is 1.73 bits per heavy atom. The summed E-state index contributed by atoms with van der Waals surface area (Å²) in [5, 5.41) is 2.78. The number of nitrogens with one attached hydrogen (secondary N) is 1. The first-order valence-corrected chi connectivity index (χ1v) is 9.12. The molecular weight excluding hydrogens is 353 g/mol. The minimum Gasteiger partial charge on any atom is -0.325 e. The maximum Gasteiger partial charge on any atom is 0.238 e. The smallest absolute Gasteiger partial charge is 0.238 e. The molecule has 0 spiro atoms. The Bertz CT molecular complexity index is 758. The van der Waals surface area contributed by atoms with Crippen molar-refractivity contribution in [1.29, 1.82) is 0 Å². The first kappa shape index (κ1) is 18.8. The molecule has 138 valence electrons. The first-order valence-electron chi connectivity index (χ1n) is 8.75. The number of hydrogen-bond donors (Lipinski definition) is 1. The van der Waals surface area contributed by atoms with Gasteiger partial charge in [0.05, 0.1) is 11.6 Å². The van der Waals surface area contributed by atoms with Gasteiger partial charge in [-0.1, -0.05) is 41.4 Å². The molecule has 6 heteroatoms. The standard InChI is InChI=1S/C20H23ClFN3O/c1-15-2-4-16(5-3-15)13-24-8-10-25(11-9-24)14-20(26)23-17-6-7-19(22)18(21)12-17/h2-7,12H,8-11,13-14H2,1H3,(H,23,26). The topological polar surface area (TPSA) is 35.6 Å². The monoisotopic (exact) mass is 375 g/mol. The third-order valence-electron chi connectivity index (χ3n) is 4.56. The van der Waals surface area contributed by atoms with E-state index in [1.807, 2.05) is 0 Å². The third-order valence-corrected chi connectivity index (χ3v) is 4.85. The molecule has 1 aliphatic rings. The van der Waals surface area contributed by atoms with Crippen LogP contribution in [-0.4, -0.2) is 48.4 Å². The minimum absolute atomic E-state index is 0.00696. The Hall–Kier alpha value is -1.95. The summed E-state index contributed by atoms with van der Waals surface area (Å²) in [5.74, 6) is -0.603. The number of carbonyl (C=O) groups excluding carboxylic acids is 1. The second-order valence-electron chi connectivity index (χ2n) is 6.71. The number of amides is 1. The number of halogens is 2. The van der Waals surface area contributed by atoms with Gasteiger partial charge >= 0.3 is 0 Å². The van der Waals surface area contributed by atoms with E-state index in [4.69, 9.17) is 11.6 Å². The van der Waals surface area contributed by atoms with Gasteiger partial charge < -0.3 is 5.32 Å². The lowest BCUT2D eigenvalue weighted by Crippen LogP contribution is -2.48. The van der Waals surface area contributed by atoms with Crippen molar-refractivity contribution in [3.05, 3.63) is 64.4 Å². The molecule has 2 aromatic rings. The van der Waals surface area contributed by atoms with Crippen LogP contribution in [0.25, 0.3) is 0 Å². The van der Waals surface area contributed by atoms with E-state index in [1.165, 1.54) is 29.3 Å². The van der Waals surface area contributed by atoms with Gasteiger partial charge in [-0.3, -0.25) is 14.6 Å². The lowest BCUT2D eigenvalue weighted by Gasteiger charge is -2.34. The molecule has 1 fully saturated rings. The number of hydrogen-bond acceptors (Lipinski definition) is 3. The van der Waals surface area contributed by atoms with Crippen LogP contribution in [0.2, 0.25) is 5.02 Å². The highest BCUT2D eigenvalue weighted by molar-refractivity contribution is 6.31. The molecule has 4 nitrogen and oxygen atoms in total. The summed E-state index contributed by atoms with van der Waals surface area (Å²) in [7, 11) is 0. The van der Waals surface area contributed by atoms with Crippen LogP contribution in [0.1, 0.15) is 11.1 Å². The number of aryl methyl sites for hydroxylation is 1. The molecule has 0 atom stereocenters. The van der Waals surface area contributed by atoms with E-state index in [1.54, 1.807) is 0 Å². The zero-order valence-electron chi connectivity index (χ0n) is 14.8. The van der Waals surface area contributed by atoms with E-state index in [-0.39, 0.29) is 10.9 Å². The van der Waals surface area contributed by atoms with Crippen molar-refractivity contribution in [3.63, 3.8) is 0 Å². The lowest BCUT2D eigenvalue weighted by molar-refractivity contribution is -0.117. The first-order chi connectivity index (χ1) is 12.5. The number of carbonyl (C=O) groups is 1. The Labute approximate surface area is 158 Å². The Kier molecular flexibility index (Phi) is 6.25. The summed E-state index contributed by atoms with van der Waals surface area (Å²) in [5.41, 5.74) is 3.10. The Balaban J connectivity index is 1.43. The third kappa shape index (κ3) is 5.27. The number of piperazine rings is 1. The molecule has 1 amide bonds. The fourth-order valence-electron chi connectivity index (χ4n) is 3.03. The number of nitrogens with zero attached hydrogens (tertiary/aromatic N) is 2. The zero-order chi connectivity index (χ0) is 18.5. The van der Waals surface area contributed by atoms with E-state index >= 15 is 0 Å². The molecule has 1 saturated heterocycles. The minimum atomic E-state index is -0.491. The van der Waals surface area contributed by atoms with Crippen molar-refractivity contribution in [3.8, 4) is 0 Å². The summed E-state index contributed by atoms with van der Waals surface area (Å²) < 4.78 is 13.2. The number of anilines is 1. The lowest BCUT2D eigenvalue weighted by atomic mass is 10.1. The molecule has 0 unspecified atom stereocenters. The molecule has 3 rings (SSSR count). The van der Waals surface area contributed by atoms with Gasteiger partial charge in [-0.2, -0.15) is 0 Å². The van der Waals surface area contributed by atoms with Crippen molar-refractivity contribution in [1.82, 2.24) is 9.80 Å². The van der Waals surface area contributed by atoms with Crippen molar-refractivity contribution >= 4 is 23.2 Å². The number of benzene rings is 2. The summed E-state index contributed by atoms with van der Waals surface area (Å²) in [4.78, 5) is 16.7. The molecule has 1 aliphatic heterocycles. The normalized spacial score (nSPS) is 15.8. The summed E-state index contributed by atoms with van der Waals surface area (Å²) in [6, 6.07) is 12.8. The van der Waals surface area contributed by atoms with Crippen molar-refractivity contribution in [2.45, 2.75) is 13.5 Å². The SMILES string of the molecule is Cc1ccc(CN2CCN(CC(=O)Nc3ccc(F)c(Cl)c3)CC2)cc1. The fraction of sp³-hybridized carbons (Fsp3) is 0.350. The predicted molar refractivity (Wildman–Crippen MR) is 103 cm³/mol. The van der Waals surface area contributed by atoms with Crippen LogP contribution < -0.4 is 5.32 Å². The average Bonchev–Trinajstić information content (AvgIpc) is 2.62. The van der Waals surface area contributed by atoms with E-state index in [9.17, 15) is 9.18 Å². The molecule has 0 saturated carbocycles. The molecule has 2 aromatic carbocycles. The van der Waals surface area contributed by atoms with Gasteiger partial charge in [-0.25, -0.2) is 4.39 Å².